The molecule has 0 saturated heterocycles. The third-order valence-corrected chi connectivity index (χ3v) is 2.75. The van der Waals surface area contributed by atoms with Crippen LogP contribution >= 0.6 is 11.6 Å². The van der Waals surface area contributed by atoms with Crippen LogP contribution in [0.1, 0.15) is 13.8 Å². The lowest BCUT2D eigenvalue weighted by atomic mass is 10.2. The molecule has 0 radical (unpaired) electrons. The Balaban J connectivity index is 2.27. The van der Waals surface area contributed by atoms with Crippen molar-refractivity contribution in [2.24, 2.45) is 5.92 Å². The SMILES string of the molecule is CC(C)CNc1nc(N)n(-c2ccc(Cl)c(F)c2)n1. The summed E-state index contributed by atoms with van der Waals surface area (Å²) >= 11 is 5.63. The second kappa shape index (κ2) is 5.44. The molecule has 0 aliphatic carbocycles. The third-order valence-electron chi connectivity index (χ3n) is 2.45. The van der Waals surface area contributed by atoms with Crippen LogP contribution in [-0.4, -0.2) is 21.3 Å². The topological polar surface area (TPSA) is 68.8 Å². The number of rotatable bonds is 4. The zero-order valence-electron chi connectivity index (χ0n) is 10.7. The fourth-order valence-corrected chi connectivity index (χ4v) is 1.62. The summed E-state index contributed by atoms with van der Waals surface area (Å²) in [7, 11) is 0. The van der Waals surface area contributed by atoms with Gasteiger partial charge in [0.05, 0.1) is 10.7 Å². The molecule has 0 amide bonds. The molecule has 0 bridgehead atoms. The van der Waals surface area contributed by atoms with E-state index in [2.05, 4.69) is 29.2 Å². The first-order valence-corrected chi connectivity index (χ1v) is 6.27. The van der Waals surface area contributed by atoms with E-state index in [0.717, 1.165) is 6.54 Å². The number of nitrogen functional groups attached to an aromatic ring is 1. The normalized spacial score (nSPS) is 11.0. The molecule has 2 rings (SSSR count). The van der Waals surface area contributed by atoms with Gasteiger partial charge in [-0.2, -0.15) is 9.67 Å². The molecule has 19 heavy (non-hydrogen) atoms. The largest absolute Gasteiger partial charge is 0.368 e. The quantitative estimate of drug-likeness (QED) is 0.905. The highest BCUT2D eigenvalue weighted by atomic mass is 35.5. The summed E-state index contributed by atoms with van der Waals surface area (Å²) in [5.41, 5.74) is 6.24. The van der Waals surface area contributed by atoms with Crippen molar-refractivity contribution in [3.8, 4) is 5.69 Å². The van der Waals surface area contributed by atoms with Crippen LogP contribution in [-0.2, 0) is 0 Å². The predicted molar refractivity (Wildman–Crippen MR) is 74.1 cm³/mol. The van der Waals surface area contributed by atoms with Crippen LogP contribution < -0.4 is 11.1 Å². The molecule has 1 heterocycles. The Kier molecular flexibility index (Phi) is 3.90. The summed E-state index contributed by atoms with van der Waals surface area (Å²) < 4.78 is 14.8. The van der Waals surface area contributed by atoms with Gasteiger partial charge >= 0.3 is 0 Å². The molecule has 5 nitrogen and oxygen atoms in total. The number of aromatic nitrogens is 3. The van der Waals surface area contributed by atoms with Gasteiger partial charge in [-0.05, 0) is 18.1 Å². The summed E-state index contributed by atoms with van der Waals surface area (Å²) in [5, 5.41) is 7.30. The average molecular weight is 284 g/mol. The van der Waals surface area contributed by atoms with Crippen LogP contribution in [0.3, 0.4) is 0 Å². The van der Waals surface area contributed by atoms with Gasteiger partial charge in [0.2, 0.25) is 11.9 Å². The number of anilines is 2. The summed E-state index contributed by atoms with van der Waals surface area (Å²) in [6.45, 7) is 4.88. The van der Waals surface area contributed by atoms with Gasteiger partial charge in [0.25, 0.3) is 0 Å². The van der Waals surface area contributed by atoms with Crippen molar-refractivity contribution in [2.75, 3.05) is 17.6 Å². The van der Waals surface area contributed by atoms with Crippen LogP contribution in [0, 0.1) is 11.7 Å². The van der Waals surface area contributed by atoms with E-state index in [1.807, 2.05) is 0 Å². The molecule has 102 valence electrons. The average Bonchev–Trinajstić information content (AvgIpc) is 2.72. The molecule has 2 aromatic rings. The molecule has 0 unspecified atom stereocenters. The van der Waals surface area contributed by atoms with Crippen LogP contribution in [0.25, 0.3) is 5.69 Å². The van der Waals surface area contributed by atoms with E-state index in [4.69, 9.17) is 17.3 Å². The number of benzene rings is 1. The molecule has 1 aromatic carbocycles. The lowest BCUT2D eigenvalue weighted by molar-refractivity contribution is 0.626. The number of hydrogen-bond donors (Lipinski definition) is 2. The van der Waals surface area contributed by atoms with Gasteiger partial charge in [0, 0.05) is 12.6 Å². The summed E-state index contributed by atoms with van der Waals surface area (Å²) in [6, 6.07) is 4.34. The Morgan fingerprint density at radius 1 is 1.47 bits per heavy atom. The van der Waals surface area contributed by atoms with Crippen molar-refractivity contribution < 1.29 is 4.39 Å². The predicted octanol–water partition coefficient (Wildman–Crippen LogP) is 2.71. The number of nitrogens with two attached hydrogens (primary N) is 1. The highest BCUT2D eigenvalue weighted by molar-refractivity contribution is 6.30. The summed E-state index contributed by atoms with van der Waals surface area (Å²) in [5.74, 6) is 0.543. The second-order valence-corrected chi connectivity index (χ2v) is 4.99. The van der Waals surface area contributed by atoms with E-state index >= 15 is 0 Å². The van der Waals surface area contributed by atoms with Crippen molar-refractivity contribution in [3.63, 3.8) is 0 Å². The highest BCUT2D eigenvalue weighted by Gasteiger charge is 2.10. The molecule has 1 aromatic heterocycles. The monoisotopic (exact) mass is 283 g/mol. The van der Waals surface area contributed by atoms with Crippen molar-refractivity contribution >= 4 is 23.5 Å². The standard InChI is InChI=1S/C12H15ClFN5/c1-7(2)6-16-12-17-11(15)19(18-12)8-3-4-9(13)10(14)5-8/h3-5,7H,6H2,1-2H3,(H3,15,16,17,18). The van der Waals surface area contributed by atoms with Gasteiger partial charge in [-0.15, -0.1) is 5.10 Å². The maximum atomic E-state index is 13.4. The summed E-state index contributed by atoms with van der Waals surface area (Å²) in [4.78, 5) is 4.07. The van der Waals surface area contributed by atoms with Crippen LogP contribution in [0.15, 0.2) is 18.2 Å². The number of halogens is 2. The summed E-state index contributed by atoms with van der Waals surface area (Å²) in [6.07, 6.45) is 0. The maximum Gasteiger partial charge on any atom is 0.244 e. The fraction of sp³-hybridized carbons (Fsp3) is 0.333. The molecule has 7 heteroatoms. The van der Waals surface area contributed by atoms with E-state index in [1.54, 1.807) is 6.07 Å². The fourth-order valence-electron chi connectivity index (χ4n) is 1.50. The lowest BCUT2D eigenvalue weighted by Gasteiger charge is -2.04. The molecular formula is C12H15ClFN5. The van der Waals surface area contributed by atoms with Crippen molar-refractivity contribution in [1.29, 1.82) is 0 Å². The maximum absolute atomic E-state index is 13.4. The van der Waals surface area contributed by atoms with Gasteiger partial charge in [-0.25, -0.2) is 4.39 Å². The van der Waals surface area contributed by atoms with Gasteiger partial charge in [0.1, 0.15) is 5.82 Å². The molecule has 0 spiro atoms. The minimum Gasteiger partial charge on any atom is -0.368 e. The Morgan fingerprint density at radius 2 is 2.21 bits per heavy atom. The van der Waals surface area contributed by atoms with Crippen molar-refractivity contribution in [1.82, 2.24) is 14.8 Å². The molecule has 0 fully saturated rings. The third kappa shape index (κ3) is 3.14. The van der Waals surface area contributed by atoms with Crippen molar-refractivity contribution in [2.45, 2.75) is 13.8 Å². The van der Waals surface area contributed by atoms with E-state index in [-0.39, 0.29) is 11.0 Å². The van der Waals surface area contributed by atoms with Crippen LogP contribution in [0.5, 0.6) is 0 Å². The molecule has 0 saturated carbocycles. The Hall–Kier alpha value is -1.82. The van der Waals surface area contributed by atoms with Crippen molar-refractivity contribution in [3.05, 3.63) is 29.0 Å². The highest BCUT2D eigenvalue weighted by Crippen LogP contribution is 2.20. The van der Waals surface area contributed by atoms with E-state index < -0.39 is 5.82 Å². The Labute approximate surface area is 115 Å². The number of hydrogen-bond acceptors (Lipinski definition) is 4. The van der Waals surface area contributed by atoms with Gasteiger partial charge in [-0.3, -0.25) is 0 Å². The number of nitrogens with zero attached hydrogens (tertiary/aromatic N) is 3. The first-order valence-electron chi connectivity index (χ1n) is 5.89. The van der Waals surface area contributed by atoms with Gasteiger partial charge in [-0.1, -0.05) is 25.4 Å². The van der Waals surface area contributed by atoms with Gasteiger partial charge in [0.15, 0.2) is 0 Å². The molecule has 0 aliphatic rings. The minimum absolute atomic E-state index is 0.0561. The Bertz CT molecular complexity index is 581. The van der Waals surface area contributed by atoms with Crippen LogP contribution in [0.2, 0.25) is 5.02 Å². The van der Waals surface area contributed by atoms with Gasteiger partial charge < -0.3 is 11.1 Å². The molecular weight excluding hydrogens is 269 g/mol. The minimum atomic E-state index is -0.522. The molecule has 0 atom stereocenters. The Morgan fingerprint density at radius 3 is 2.84 bits per heavy atom. The van der Waals surface area contributed by atoms with E-state index in [9.17, 15) is 4.39 Å². The number of nitrogens with one attached hydrogen (secondary N) is 1. The lowest BCUT2D eigenvalue weighted by Crippen LogP contribution is -2.09. The van der Waals surface area contributed by atoms with E-state index in [0.29, 0.717) is 17.6 Å². The first-order chi connectivity index (χ1) is 8.97. The van der Waals surface area contributed by atoms with Crippen LogP contribution in [0.4, 0.5) is 16.3 Å². The van der Waals surface area contributed by atoms with E-state index in [1.165, 1.54) is 16.8 Å². The molecule has 3 N–H and O–H groups in total. The smallest absolute Gasteiger partial charge is 0.244 e. The zero-order chi connectivity index (χ0) is 14.0. The first kappa shape index (κ1) is 13.6. The second-order valence-electron chi connectivity index (χ2n) is 4.58. The molecule has 0 aliphatic heterocycles. The zero-order valence-corrected chi connectivity index (χ0v) is 11.4.